The largest absolute Gasteiger partial charge is 0.497 e. The van der Waals surface area contributed by atoms with Crippen molar-refractivity contribution >= 4 is 39.3 Å². The van der Waals surface area contributed by atoms with Gasteiger partial charge in [0, 0.05) is 11.8 Å². The molecule has 0 aliphatic carbocycles. The van der Waals surface area contributed by atoms with Gasteiger partial charge in [-0.25, -0.2) is 0 Å². The van der Waals surface area contributed by atoms with Crippen molar-refractivity contribution in [2.45, 2.75) is 6.18 Å². The molecule has 0 saturated carbocycles. The standard InChI is InChI=1S/C24H15BrF3N3O5/c1-35-18-6-4-17(5-7-18)30-23(32)15(13-29)10-14-2-8-21(19(25)11-14)36-22-9-3-16(24(26,27)28)12-20(22)31(33)34/h2-12H,1H3,(H,30,32)/b15-10+. The summed E-state index contributed by atoms with van der Waals surface area (Å²) in [4.78, 5) is 22.8. The summed E-state index contributed by atoms with van der Waals surface area (Å²) in [6.45, 7) is 0. The Morgan fingerprint density at radius 3 is 2.33 bits per heavy atom. The molecular weight excluding hydrogens is 547 g/mol. The molecule has 0 fully saturated rings. The molecule has 0 radical (unpaired) electrons. The molecule has 0 saturated heterocycles. The molecule has 1 N–H and O–H groups in total. The molecule has 8 nitrogen and oxygen atoms in total. The van der Waals surface area contributed by atoms with Gasteiger partial charge in [-0.05, 0) is 76.1 Å². The number of methoxy groups -OCH3 is 1. The maximum atomic E-state index is 12.9. The van der Waals surface area contributed by atoms with Crippen LogP contribution in [-0.2, 0) is 11.0 Å². The third-order valence-electron chi connectivity index (χ3n) is 4.68. The Morgan fingerprint density at radius 2 is 1.78 bits per heavy atom. The molecule has 3 aromatic rings. The monoisotopic (exact) mass is 561 g/mol. The molecule has 184 valence electrons. The van der Waals surface area contributed by atoms with Crippen LogP contribution in [-0.4, -0.2) is 17.9 Å². The number of alkyl halides is 3. The van der Waals surface area contributed by atoms with E-state index in [1.165, 1.54) is 31.4 Å². The van der Waals surface area contributed by atoms with Crippen molar-refractivity contribution in [2.75, 3.05) is 12.4 Å². The number of anilines is 1. The quantitative estimate of drug-likeness (QED) is 0.148. The van der Waals surface area contributed by atoms with Crippen LogP contribution in [0.5, 0.6) is 17.2 Å². The fraction of sp³-hybridized carbons (Fsp3) is 0.0833. The first-order chi connectivity index (χ1) is 17.0. The van der Waals surface area contributed by atoms with Crippen molar-refractivity contribution in [3.8, 4) is 23.3 Å². The number of nitro groups is 1. The molecule has 0 aromatic heterocycles. The SMILES string of the molecule is COc1ccc(NC(=O)/C(C#N)=C/c2ccc(Oc3ccc(C(F)(F)F)cc3[N+](=O)[O-])c(Br)c2)cc1. The zero-order valence-corrected chi connectivity index (χ0v) is 19.9. The van der Waals surface area contributed by atoms with Gasteiger partial charge in [0.1, 0.15) is 23.1 Å². The lowest BCUT2D eigenvalue weighted by Crippen LogP contribution is -2.13. The van der Waals surface area contributed by atoms with Gasteiger partial charge in [-0.1, -0.05) is 6.07 Å². The van der Waals surface area contributed by atoms with Crippen LogP contribution in [0.2, 0.25) is 0 Å². The molecule has 3 rings (SSSR count). The molecule has 0 aliphatic heterocycles. The van der Waals surface area contributed by atoms with E-state index in [-0.39, 0.29) is 15.8 Å². The molecule has 3 aromatic carbocycles. The summed E-state index contributed by atoms with van der Waals surface area (Å²) >= 11 is 3.23. The number of amides is 1. The lowest BCUT2D eigenvalue weighted by Gasteiger charge is -2.11. The zero-order valence-electron chi connectivity index (χ0n) is 18.3. The first-order valence-electron chi connectivity index (χ1n) is 9.92. The summed E-state index contributed by atoms with van der Waals surface area (Å²) in [7, 11) is 1.50. The molecule has 0 spiro atoms. The molecule has 0 atom stereocenters. The molecule has 36 heavy (non-hydrogen) atoms. The van der Waals surface area contributed by atoms with E-state index in [1.54, 1.807) is 24.3 Å². The molecule has 0 unspecified atom stereocenters. The Kier molecular flexibility index (Phi) is 7.96. The zero-order chi connectivity index (χ0) is 26.5. The highest BCUT2D eigenvalue weighted by Gasteiger charge is 2.33. The number of nitro benzene ring substituents is 1. The lowest BCUT2D eigenvalue weighted by molar-refractivity contribution is -0.385. The van der Waals surface area contributed by atoms with Crippen molar-refractivity contribution in [1.82, 2.24) is 0 Å². The fourth-order valence-electron chi connectivity index (χ4n) is 2.92. The first kappa shape index (κ1) is 26.2. The number of ether oxygens (including phenoxy) is 2. The second kappa shape index (κ2) is 10.9. The van der Waals surface area contributed by atoms with E-state index in [4.69, 9.17) is 9.47 Å². The Balaban J connectivity index is 1.82. The molecular formula is C24H15BrF3N3O5. The van der Waals surface area contributed by atoms with Gasteiger partial charge in [0.15, 0.2) is 0 Å². The van der Waals surface area contributed by atoms with Gasteiger partial charge in [0.2, 0.25) is 5.75 Å². The van der Waals surface area contributed by atoms with Crippen LogP contribution in [0.3, 0.4) is 0 Å². The van der Waals surface area contributed by atoms with Crippen LogP contribution in [0.4, 0.5) is 24.5 Å². The van der Waals surface area contributed by atoms with Crippen molar-refractivity contribution in [2.24, 2.45) is 0 Å². The smallest absolute Gasteiger partial charge is 0.416 e. The van der Waals surface area contributed by atoms with Crippen molar-refractivity contribution in [1.29, 1.82) is 5.26 Å². The van der Waals surface area contributed by atoms with Gasteiger partial charge in [0.05, 0.1) is 22.1 Å². The average Bonchev–Trinajstić information content (AvgIpc) is 2.83. The number of carbonyl (C=O) groups excluding carboxylic acids is 1. The van der Waals surface area contributed by atoms with Crippen LogP contribution in [0.1, 0.15) is 11.1 Å². The topological polar surface area (TPSA) is 114 Å². The highest BCUT2D eigenvalue weighted by Crippen LogP contribution is 2.39. The minimum absolute atomic E-state index is 0.0659. The van der Waals surface area contributed by atoms with E-state index in [9.17, 15) is 33.3 Å². The van der Waals surface area contributed by atoms with E-state index in [1.807, 2.05) is 6.07 Å². The second-order valence-corrected chi connectivity index (χ2v) is 7.94. The Labute approximate surface area is 210 Å². The molecule has 1 amide bonds. The Morgan fingerprint density at radius 1 is 1.11 bits per heavy atom. The van der Waals surface area contributed by atoms with E-state index in [2.05, 4.69) is 21.2 Å². The lowest BCUT2D eigenvalue weighted by atomic mass is 10.1. The Hall–Kier alpha value is -4.37. The predicted octanol–water partition coefficient (Wildman–Crippen LogP) is 6.72. The van der Waals surface area contributed by atoms with Crippen LogP contribution in [0.15, 0.2) is 70.7 Å². The van der Waals surface area contributed by atoms with Gasteiger partial charge in [-0.2, -0.15) is 18.4 Å². The normalized spacial score (nSPS) is 11.4. The number of nitrogens with zero attached hydrogens (tertiary/aromatic N) is 2. The van der Waals surface area contributed by atoms with E-state index >= 15 is 0 Å². The number of halogens is 4. The van der Waals surface area contributed by atoms with Gasteiger partial charge < -0.3 is 14.8 Å². The van der Waals surface area contributed by atoms with E-state index in [0.717, 1.165) is 6.07 Å². The highest BCUT2D eigenvalue weighted by molar-refractivity contribution is 9.10. The number of benzene rings is 3. The summed E-state index contributed by atoms with van der Waals surface area (Å²) in [5.74, 6) is -0.387. The molecule has 0 bridgehead atoms. The number of carbonyl (C=O) groups is 1. The van der Waals surface area contributed by atoms with Gasteiger partial charge in [0.25, 0.3) is 5.91 Å². The third kappa shape index (κ3) is 6.39. The number of nitriles is 1. The first-order valence-corrected chi connectivity index (χ1v) is 10.7. The summed E-state index contributed by atoms with van der Waals surface area (Å²) in [5, 5.41) is 23.3. The fourth-order valence-corrected chi connectivity index (χ4v) is 3.40. The summed E-state index contributed by atoms with van der Waals surface area (Å²) in [6.07, 6.45) is -3.44. The van der Waals surface area contributed by atoms with Gasteiger partial charge >= 0.3 is 11.9 Å². The van der Waals surface area contributed by atoms with Crippen LogP contribution in [0.25, 0.3) is 6.08 Å². The molecule has 12 heteroatoms. The maximum Gasteiger partial charge on any atom is 0.416 e. The van der Waals surface area contributed by atoms with Gasteiger partial charge in [-0.3, -0.25) is 14.9 Å². The predicted molar refractivity (Wildman–Crippen MR) is 128 cm³/mol. The average molecular weight is 562 g/mol. The van der Waals surface area contributed by atoms with E-state index in [0.29, 0.717) is 29.1 Å². The van der Waals surface area contributed by atoms with Crippen LogP contribution >= 0.6 is 15.9 Å². The van der Waals surface area contributed by atoms with E-state index < -0.39 is 34.0 Å². The molecule has 0 heterocycles. The molecule has 0 aliphatic rings. The second-order valence-electron chi connectivity index (χ2n) is 7.08. The minimum atomic E-state index is -4.75. The summed E-state index contributed by atoms with van der Waals surface area (Å²) in [5.41, 5.74) is -1.38. The highest BCUT2D eigenvalue weighted by atomic mass is 79.9. The number of hydrogen-bond donors (Lipinski definition) is 1. The third-order valence-corrected chi connectivity index (χ3v) is 5.30. The Bertz CT molecular complexity index is 1380. The van der Waals surface area contributed by atoms with Gasteiger partial charge in [-0.15, -0.1) is 0 Å². The van der Waals surface area contributed by atoms with Crippen LogP contribution < -0.4 is 14.8 Å². The minimum Gasteiger partial charge on any atom is -0.497 e. The number of hydrogen-bond acceptors (Lipinski definition) is 6. The summed E-state index contributed by atoms with van der Waals surface area (Å²) in [6, 6.07) is 14.6. The maximum absolute atomic E-state index is 12.9. The van der Waals surface area contributed by atoms with Crippen molar-refractivity contribution < 1.29 is 32.4 Å². The number of rotatable bonds is 7. The van der Waals surface area contributed by atoms with Crippen molar-refractivity contribution in [3.05, 3.63) is 92.0 Å². The summed E-state index contributed by atoms with van der Waals surface area (Å²) < 4.78 is 49.5. The number of nitrogens with one attached hydrogen (secondary N) is 1. The van der Waals surface area contributed by atoms with Crippen LogP contribution in [0, 0.1) is 21.4 Å². The van der Waals surface area contributed by atoms with Crippen molar-refractivity contribution in [3.63, 3.8) is 0 Å².